The minimum absolute atomic E-state index is 0.313. The minimum atomic E-state index is -0.963. The molecule has 1 amide bonds. The third-order valence-corrected chi connectivity index (χ3v) is 4.25. The largest absolute Gasteiger partial charge is 0.493 e. The van der Waals surface area contributed by atoms with Crippen molar-refractivity contribution in [3.63, 3.8) is 0 Å². The van der Waals surface area contributed by atoms with E-state index in [2.05, 4.69) is 5.32 Å². The highest BCUT2D eigenvalue weighted by molar-refractivity contribution is 5.84. The van der Waals surface area contributed by atoms with Crippen LogP contribution in [-0.4, -0.2) is 42.1 Å². The summed E-state index contributed by atoms with van der Waals surface area (Å²) in [6.45, 7) is 8.08. The molecule has 0 aliphatic carbocycles. The SMILES string of the molecule is CCOC(Cc1ccc(OCCc2ccc(NC(=O)OC(C)(C)C)cc2)cc1)C(=O)O. The van der Waals surface area contributed by atoms with Gasteiger partial charge in [0.2, 0.25) is 0 Å². The third-order valence-electron chi connectivity index (χ3n) is 4.25. The van der Waals surface area contributed by atoms with Gasteiger partial charge >= 0.3 is 12.1 Å². The van der Waals surface area contributed by atoms with Gasteiger partial charge in [0.25, 0.3) is 0 Å². The Morgan fingerprint density at radius 2 is 1.61 bits per heavy atom. The molecule has 7 heteroatoms. The van der Waals surface area contributed by atoms with Gasteiger partial charge in [0.1, 0.15) is 11.4 Å². The average molecular weight is 430 g/mol. The zero-order valence-electron chi connectivity index (χ0n) is 18.5. The number of carbonyl (C=O) groups is 2. The molecule has 0 radical (unpaired) electrons. The van der Waals surface area contributed by atoms with Gasteiger partial charge in [-0.25, -0.2) is 9.59 Å². The predicted molar refractivity (Wildman–Crippen MR) is 119 cm³/mol. The zero-order valence-corrected chi connectivity index (χ0v) is 18.5. The summed E-state index contributed by atoms with van der Waals surface area (Å²) < 4.78 is 16.3. The van der Waals surface area contributed by atoms with Gasteiger partial charge in [-0.15, -0.1) is 0 Å². The van der Waals surface area contributed by atoms with Gasteiger partial charge in [0.15, 0.2) is 6.10 Å². The molecule has 0 saturated heterocycles. The number of rotatable bonds is 10. The fraction of sp³-hybridized carbons (Fsp3) is 0.417. The molecule has 0 aromatic heterocycles. The summed E-state index contributed by atoms with van der Waals surface area (Å²) >= 11 is 0. The number of hydrogen-bond donors (Lipinski definition) is 2. The van der Waals surface area contributed by atoms with Crippen LogP contribution in [0.4, 0.5) is 10.5 Å². The lowest BCUT2D eigenvalue weighted by Gasteiger charge is -2.19. The van der Waals surface area contributed by atoms with Gasteiger partial charge in [0, 0.05) is 25.1 Å². The first-order valence-electron chi connectivity index (χ1n) is 10.3. The predicted octanol–water partition coefficient (Wildman–Crippen LogP) is 4.69. The number of carboxylic acids is 1. The Morgan fingerprint density at radius 1 is 1.00 bits per heavy atom. The molecule has 0 saturated carbocycles. The van der Waals surface area contributed by atoms with E-state index in [1.807, 2.05) is 69.3 Å². The van der Waals surface area contributed by atoms with E-state index in [0.717, 1.165) is 16.9 Å². The van der Waals surface area contributed by atoms with E-state index in [1.165, 1.54) is 0 Å². The highest BCUT2D eigenvalue weighted by Crippen LogP contribution is 2.16. The molecular formula is C24H31NO6. The number of hydrogen-bond acceptors (Lipinski definition) is 5. The second-order valence-electron chi connectivity index (χ2n) is 8.05. The van der Waals surface area contributed by atoms with Crippen LogP contribution in [0.15, 0.2) is 48.5 Å². The van der Waals surface area contributed by atoms with Gasteiger partial charge in [-0.3, -0.25) is 5.32 Å². The lowest BCUT2D eigenvalue weighted by atomic mass is 10.1. The van der Waals surface area contributed by atoms with Crippen LogP contribution in [-0.2, 0) is 27.1 Å². The Kier molecular flexibility index (Phi) is 8.88. The summed E-state index contributed by atoms with van der Waals surface area (Å²) in [7, 11) is 0. The van der Waals surface area contributed by atoms with Crippen LogP contribution in [0.2, 0.25) is 0 Å². The van der Waals surface area contributed by atoms with Crippen molar-refractivity contribution in [2.75, 3.05) is 18.5 Å². The number of carbonyl (C=O) groups excluding carboxylic acids is 1. The van der Waals surface area contributed by atoms with Crippen molar-refractivity contribution in [1.82, 2.24) is 0 Å². The standard InChI is InChI=1S/C24H31NO6/c1-5-29-21(22(26)27)16-18-8-12-20(13-9-18)30-15-14-17-6-10-19(11-7-17)25-23(28)31-24(2,3)4/h6-13,21H,5,14-16H2,1-4H3,(H,25,28)(H,26,27). The second kappa shape index (κ2) is 11.4. The third kappa shape index (κ3) is 9.09. The Labute approximate surface area is 183 Å². The Balaban J connectivity index is 1.79. The van der Waals surface area contributed by atoms with Gasteiger partial charge in [-0.2, -0.15) is 0 Å². The molecule has 2 aromatic rings. The maximum atomic E-state index is 11.8. The molecular weight excluding hydrogens is 398 g/mol. The van der Waals surface area contributed by atoms with Crippen LogP contribution in [0, 0.1) is 0 Å². The van der Waals surface area contributed by atoms with Crippen molar-refractivity contribution >= 4 is 17.7 Å². The number of nitrogens with one attached hydrogen (secondary N) is 1. The smallest absolute Gasteiger partial charge is 0.412 e. The van der Waals surface area contributed by atoms with Crippen molar-refractivity contribution < 1.29 is 28.9 Å². The second-order valence-corrected chi connectivity index (χ2v) is 8.05. The highest BCUT2D eigenvalue weighted by Gasteiger charge is 2.18. The maximum absolute atomic E-state index is 11.8. The first-order chi connectivity index (χ1) is 14.7. The average Bonchev–Trinajstić information content (AvgIpc) is 2.68. The summed E-state index contributed by atoms with van der Waals surface area (Å²) in [5.74, 6) is -0.246. The van der Waals surface area contributed by atoms with E-state index in [4.69, 9.17) is 14.2 Å². The molecule has 1 unspecified atom stereocenters. The van der Waals surface area contributed by atoms with E-state index in [0.29, 0.717) is 31.7 Å². The van der Waals surface area contributed by atoms with Crippen LogP contribution in [0.5, 0.6) is 5.75 Å². The first-order valence-corrected chi connectivity index (χ1v) is 10.3. The van der Waals surface area contributed by atoms with Gasteiger partial charge < -0.3 is 19.3 Å². The fourth-order valence-corrected chi connectivity index (χ4v) is 2.82. The van der Waals surface area contributed by atoms with Crippen molar-refractivity contribution in [3.8, 4) is 5.75 Å². The van der Waals surface area contributed by atoms with Crippen LogP contribution in [0.3, 0.4) is 0 Å². The molecule has 168 valence electrons. The van der Waals surface area contributed by atoms with Crippen molar-refractivity contribution in [1.29, 1.82) is 0 Å². The molecule has 0 bridgehead atoms. The van der Waals surface area contributed by atoms with Crippen molar-refractivity contribution in [3.05, 3.63) is 59.7 Å². The number of ether oxygens (including phenoxy) is 3. The lowest BCUT2D eigenvalue weighted by Crippen LogP contribution is -2.27. The molecule has 2 aromatic carbocycles. The van der Waals surface area contributed by atoms with E-state index >= 15 is 0 Å². The molecule has 0 aliphatic rings. The summed E-state index contributed by atoms with van der Waals surface area (Å²) in [4.78, 5) is 23.0. The molecule has 0 heterocycles. The normalized spacial score (nSPS) is 12.1. The number of benzene rings is 2. The molecule has 2 N–H and O–H groups in total. The van der Waals surface area contributed by atoms with Crippen LogP contribution < -0.4 is 10.1 Å². The summed E-state index contributed by atoms with van der Waals surface area (Å²) in [6.07, 6.45) is -0.306. The lowest BCUT2D eigenvalue weighted by molar-refractivity contribution is -0.149. The molecule has 31 heavy (non-hydrogen) atoms. The molecule has 0 aliphatic heterocycles. The Bertz CT molecular complexity index is 840. The van der Waals surface area contributed by atoms with Gasteiger partial charge in [0.05, 0.1) is 6.61 Å². The van der Waals surface area contributed by atoms with Gasteiger partial charge in [-0.1, -0.05) is 24.3 Å². The summed E-state index contributed by atoms with van der Waals surface area (Å²) in [6, 6.07) is 14.9. The number of carboxylic acid groups (broad SMARTS) is 1. The highest BCUT2D eigenvalue weighted by atomic mass is 16.6. The molecule has 2 rings (SSSR count). The van der Waals surface area contributed by atoms with E-state index < -0.39 is 23.8 Å². The van der Waals surface area contributed by atoms with E-state index in [1.54, 1.807) is 6.92 Å². The number of anilines is 1. The van der Waals surface area contributed by atoms with Crippen LogP contribution in [0.1, 0.15) is 38.8 Å². The van der Waals surface area contributed by atoms with Crippen LogP contribution >= 0.6 is 0 Å². The first kappa shape index (κ1) is 24.2. The van der Waals surface area contributed by atoms with Crippen LogP contribution in [0.25, 0.3) is 0 Å². The zero-order chi connectivity index (χ0) is 22.9. The van der Waals surface area contributed by atoms with E-state index in [9.17, 15) is 14.7 Å². The van der Waals surface area contributed by atoms with Crippen molar-refractivity contribution in [2.45, 2.75) is 52.2 Å². The molecule has 0 fully saturated rings. The fourth-order valence-electron chi connectivity index (χ4n) is 2.82. The van der Waals surface area contributed by atoms with Gasteiger partial charge in [-0.05, 0) is 63.1 Å². The van der Waals surface area contributed by atoms with Crippen molar-refractivity contribution in [2.24, 2.45) is 0 Å². The Hall–Kier alpha value is -3.06. The molecule has 1 atom stereocenters. The Morgan fingerprint density at radius 3 is 2.16 bits per heavy atom. The van der Waals surface area contributed by atoms with E-state index in [-0.39, 0.29) is 0 Å². The minimum Gasteiger partial charge on any atom is -0.493 e. The molecule has 7 nitrogen and oxygen atoms in total. The number of aliphatic carboxylic acids is 1. The monoisotopic (exact) mass is 429 g/mol. The summed E-state index contributed by atoms with van der Waals surface area (Å²) in [5, 5.41) is 11.9. The summed E-state index contributed by atoms with van der Waals surface area (Å²) in [5.41, 5.74) is 2.08. The number of amides is 1. The topological polar surface area (TPSA) is 94.1 Å². The molecule has 0 spiro atoms. The maximum Gasteiger partial charge on any atom is 0.412 e. The quantitative estimate of drug-likeness (QED) is 0.569.